The van der Waals surface area contributed by atoms with Crippen molar-refractivity contribution in [1.29, 1.82) is 0 Å². The highest BCUT2D eigenvalue weighted by atomic mass is 16.5. The molecule has 2 fully saturated rings. The number of ether oxygens (including phenoxy) is 2. The molecule has 4 amide bonds. The number of rotatable bonds is 5. The summed E-state index contributed by atoms with van der Waals surface area (Å²) in [5.41, 5.74) is 1.77. The summed E-state index contributed by atoms with van der Waals surface area (Å²) in [5.74, 6) is -0.431. The molecule has 0 radical (unpaired) electrons. The Morgan fingerprint density at radius 1 is 1.09 bits per heavy atom. The van der Waals surface area contributed by atoms with Gasteiger partial charge in [0.25, 0.3) is 5.91 Å². The lowest BCUT2D eigenvalue weighted by atomic mass is 10.1. The van der Waals surface area contributed by atoms with E-state index in [1.54, 1.807) is 48.4 Å². The fourth-order valence-electron chi connectivity index (χ4n) is 4.93. The number of methoxy groups -OCH3 is 2. The summed E-state index contributed by atoms with van der Waals surface area (Å²) in [4.78, 5) is 54.4. The van der Waals surface area contributed by atoms with Gasteiger partial charge in [0.15, 0.2) is 0 Å². The zero-order chi connectivity index (χ0) is 24.7. The molecular weight excluding hydrogens is 452 g/mol. The predicted octanol–water partition coefficient (Wildman–Crippen LogP) is 2.25. The van der Waals surface area contributed by atoms with Crippen LogP contribution in [0.4, 0.5) is 17.1 Å². The summed E-state index contributed by atoms with van der Waals surface area (Å²) < 4.78 is 10.6. The van der Waals surface area contributed by atoms with Crippen LogP contribution in [0, 0.1) is 5.92 Å². The van der Waals surface area contributed by atoms with E-state index in [-0.39, 0.29) is 36.6 Å². The highest BCUT2D eigenvalue weighted by molar-refractivity contribution is 6.11. The third-order valence-electron chi connectivity index (χ3n) is 6.77. The van der Waals surface area contributed by atoms with Crippen molar-refractivity contribution < 1.29 is 28.7 Å². The van der Waals surface area contributed by atoms with E-state index < -0.39 is 12.0 Å². The maximum atomic E-state index is 13.1. The van der Waals surface area contributed by atoms with Gasteiger partial charge in [-0.1, -0.05) is 0 Å². The lowest BCUT2D eigenvalue weighted by Gasteiger charge is -2.20. The van der Waals surface area contributed by atoms with Crippen LogP contribution >= 0.6 is 0 Å². The number of anilines is 3. The van der Waals surface area contributed by atoms with Crippen LogP contribution in [-0.2, 0) is 14.4 Å². The van der Waals surface area contributed by atoms with Crippen molar-refractivity contribution in [3.63, 3.8) is 0 Å². The summed E-state index contributed by atoms with van der Waals surface area (Å²) >= 11 is 0. The number of nitrogens with one attached hydrogen (secondary N) is 2. The first-order valence-electron chi connectivity index (χ1n) is 11.5. The van der Waals surface area contributed by atoms with Gasteiger partial charge in [0.05, 0.1) is 37.1 Å². The minimum Gasteiger partial charge on any atom is -0.497 e. The molecule has 182 valence electrons. The Morgan fingerprint density at radius 3 is 2.69 bits per heavy atom. The molecular formula is C25H26N4O6. The molecule has 2 aromatic rings. The number of hydrogen-bond acceptors (Lipinski definition) is 6. The number of carbonyl (C=O) groups excluding carboxylic acids is 4. The van der Waals surface area contributed by atoms with Crippen LogP contribution in [-0.4, -0.2) is 61.9 Å². The highest BCUT2D eigenvalue weighted by Gasteiger charge is 2.39. The van der Waals surface area contributed by atoms with Gasteiger partial charge in [-0.15, -0.1) is 0 Å². The van der Waals surface area contributed by atoms with Gasteiger partial charge in [0, 0.05) is 31.3 Å². The van der Waals surface area contributed by atoms with E-state index in [1.165, 1.54) is 12.0 Å². The molecule has 5 rings (SSSR count). The smallest absolute Gasteiger partial charge is 0.256 e. The lowest BCUT2D eigenvalue weighted by molar-refractivity contribution is -0.122. The molecule has 3 aliphatic heterocycles. The Bertz CT molecular complexity index is 1230. The Morgan fingerprint density at radius 2 is 1.91 bits per heavy atom. The fourth-order valence-corrected chi connectivity index (χ4v) is 4.93. The Balaban J connectivity index is 1.32. The predicted molar refractivity (Wildman–Crippen MR) is 128 cm³/mol. The second-order valence-corrected chi connectivity index (χ2v) is 8.84. The molecule has 2 saturated heterocycles. The normalized spacial score (nSPS) is 21.3. The van der Waals surface area contributed by atoms with E-state index in [9.17, 15) is 19.2 Å². The van der Waals surface area contributed by atoms with Crippen molar-refractivity contribution in [3.05, 3.63) is 42.0 Å². The van der Waals surface area contributed by atoms with Crippen molar-refractivity contribution in [2.24, 2.45) is 5.92 Å². The number of hydrogen-bond donors (Lipinski definition) is 2. The second-order valence-electron chi connectivity index (χ2n) is 8.84. The molecule has 0 bridgehead atoms. The largest absolute Gasteiger partial charge is 0.497 e. The van der Waals surface area contributed by atoms with E-state index in [0.717, 1.165) is 6.42 Å². The van der Waals surface area contributed by atoms with Crippen molar-refractivity contribution in [2.75, 3.05) is 42.8 Å². The van der Waals surface area contributed by atoms with Crippen molar-refractivity contribution >= 4 is 40.7 Å². The van der Waals surface area contributed by atoms with E-state index in [1.807, 2.05) is 0 Å². The molecule has 0 aromatic heterocycles. The molecule has 0 unspecified atom stereocenters. The molecule has 0 spiro atoms. The molecule has 0 saturated carbocycles. The lowest BCUT2D eigenvalue weighted by Crippen LogP contribution is -2.40. The number of benzene rings is 2. The average molecular weight is 479 g/mol. The highest BCUT2D eigenvalue weighted by Crippen LogP contribution is 2.36. The quantitative estimate of drug-likeness (QED) is 0.681. The van der Waals surface area contributed by atoms with Crippen LogP contribution in [0.25, 0.3) is 0 Å². The van der Waals surface area contributed by atoms with E-state index in [4.69, 9.17) is 9.47 Å². The molecule has 0 aliphatic carbocycles. The van der Waals surface area contributed by atoms with Crippen LogP contribution in [0.2, 0.25) is 0 Å². The summed E-state index contributed by atoms with van der Waals surface area (Å²) in [7, 11) is 3.05. The van der Waals surface area contributed by atoms with Gasteiger partial charge in [-0.2, -0.15) is 0 Å². The van der Waals surface area contributed by atoms with Gasteiger partial charge in [0.1, 0.15) is 17.5 Å². The van der Waals surface area contributed by atoms with Gasteiger partial charge < -0.3 is 29.9 Å². The summed E-state index contributed by atoms with van der Waals surface area (Å²) in [6, 6.07) is 9.53. The maximum Gasteiger partial charge on any atom is 0.256 e. The standard InChI is InChI=1S/C25H26N4O6/c1-34-16-6-8-19(21(12-16)35-2)29-13-14(10-22(29)30)23(31)26-15-5-7-18-17(11-15)25(33)28-9-3-4-20(28)24(32)27-18/h5-8,11-12,14,20H,3-4,9-10,13H2,1-2H3,(H,26,31)(H,27,32)/t14-,20-/m1/s1. The monoisotopic (exact) mass is 478 g/mol. The van der Waals surface area contributed by atoms with Crippen LogP contribution in [0.15, 0.2) is 36.4 Å². The van der Waals surface area contributed by atoms with E-state index >= 15 is 0 Å². The average Bonchev–Trinajstić information content (AvgIpc) is 3.49. The number of fused-ring (bicyclic) bond motifs is 2. The van der Waals surface area contributed by atoms with Gasteiger partial charge in [0.2, 0.25) is 17.7 Å². The summed E-state index contributed by atoms with van der Waals surface area (Å²) in [5, 5.41) is 5.66. The molecule has 3 aliphatic rings. The third-order valence-corrected chi connectivity index (χ3v) is 6.77. The number of nitrogens with zero attached hydrogens (tertiary/aromatic N) is 2. The molecule has 10 nitrogen and oxygen atoms in total. The van der Waals surface area contributed by atoms with Crippen LogP contribution in [0.3, 0.4) is 0 Å². The molecule has 10 heteroatoms. The Labute approximate surface area is 202 Å². The van der Waals surface area contributed by atoms with Gasteiger partial charge in [-0.3, -0.25) is 19.2 Å². The van der Waals surface area contributed by atoms with Crippen LogP contribution in [0.5, 0.6) is 11.5 Å². The van der Waals surface area contributed by atoms with Gasteiger partial charge >= 0.3 is 0 Å². The zero-order valence-electron chi connectivity index (χ0n) is 19.5. The van der Waals surface area contributed by atoms with E-state index in [2.05, 4.69) is 10.6 Å². The van der Waals surface area contributed by atoms with Crippen LogP contribution in [0.1, 0.15) is 29.6 Å². The molecule has 35 heavy (non-hydrogen) atoms. The zero-order valence-corrected chi connectivity index (χ0v) is 19.5. The van der Waals surface area contributed by atoms with Crippen molar-refractivity contribution in [1.82, 2.24) is 4.90 Å². The SMILES string of the molecule is COc1ccc(N2C[C@H](C(=O)Nc3ccc4c(c3)C(=O)N3CCC[C@@H]3C(=O)N4)CC2=O)c(OC)c1. The third kappa shape index (κ3) is 4.05. The number of carbonyl (C=O) groups is 4. The minimum atomic E-state index is -0.577. The molecule has 2 atom stereocenters. The minimum absolute atomic E-state index is 0.0520. The van der Waals surface area contributed by atoms with Gasteiger partial charge in [-0.25, -0.2) is 0 Å². The second kappa shape index (κ2) is 8.94. The molecule has 2 aromatic carbocycles. The van der Waals surface area contributed by atoms with Crippen molar-refractivity contribution in [2.45, 2.75) is 25.3 Å². The van der Waals surface area contributed by atoms with Crippen LogP contribution < -0.4 is 25.0 Å². The first kappa shape index (κ1) is 22.7. The fraction of sp³-hybridized carbons (Fsp3) is 0.360. The first-order valence-corrected chi connectivity index (χ1v) is 11.5. The van der Waals surface area contributed by atoms with E-state index in [0.29, 0.717) is 47.1 Å². The Kier molecular flexibility index (Phi) is 5.80. The van der Waals surface area contributed by atoms with Crippen molar-refractivity contribution in [3.8, 4) is 11.5 Å². The first-order chi connectivity index (χ1) is 16.9. The summed E-state index contributed by atoms with van der Waals surface area (Å²) in [6.07, 6.45) is 1.47. The molecule has 3 heterocycles. The maximum absolute atomic E-state index is 13.1. The Hall–Kier alpha value is -4.08. The number of amides is 4. The van der Waals surface area contributed by atoms with Gasteiger partial charge in [-0.05, 0) is 43.2 Å². The summed E-state index contributed by atoms with van der Waals surface area (Å²) in [6.45, 7) is 0.727. The molecule has 2 N–H and O–H groups in total. The topological polar surface area (TPSA) is 117 Å².